The van der Waals surface area contributed by atoms with E-state index in [2.05, 4.69) is 15.3 Å². The molecule has 0 saturated carbocycles. The van der Waals surface area contributed by atoms with Crippen LogP contribution in [0.5, 0.6) is 0 Å². The highest BCUT2D eigenvalue weighted by atomic mass is 32.2. The van der Waals surface area contributed by atoms with E-state index in [4.69, 9.17) is 0 Å². The number of carbonyl (C=O) groups is 1. The number of aryl methyl sites for hydroxylation is 1. The summed E-state index contributed by atoms with van der Waals surface area (Å²) in [4.78, 5) is 20.4. The van der Waals surface area contributed by atoms with Gasteiger partial charge in [-0.25, -0.2) is 9.97 Å². The molecule has 0 bridgehead atoms. The van der Waals surface area contributed by atoms with Gasteiger partial charge in [0.15, 0.2) is 0 Å². The summed E-state index contributed by atoms with van der Waals surface area (Å²) in [6.07, 6.45) is 1.54. The van der Waals surface area contributed by atoms with Gasteiger partial charge in [0.2, 0.25) is 5.91 Å². The molecule has 1 N–H and O–H groups in total. The fourth-order valence-electron chi connectivity index (χ4n) is 1.96. The molecule has 112 valence electrons. The molecule has 1 aromatic carbocycles. The number of rotatable bonds is 5. The lowest BCUT2D eigenvalue weighted by molar-refractivity contribution is -0.118. The van der Waals surface area contributed by atoms with Gasteiger partial charge in [0.1, 0.15) is 11.4 Å². The summed E-state index contributed by atoms with van der Waals surface area (Å²) in [7, 11) is 0. The van der Waals surface area contributed by atoms with Crippen LogP contribution in [-0.2, 0) is 11.3 Å². The fourth-order valence-corrected chi connectivity index (χ4v) is 3.74. The first-order chi connectivity index (χ1) is 10.7. The van der Waals surface area contributed by atoms with Crippen LogP contribution in [0.2, 0.25) is 0 Å². The Bertz CT molecular complexity index is 783. The third-order valence-corrected chi connectivity index (χ3v) is 5.19. The molecule has 3 aromatic rings. The second kappa shape index (κ2) is 6.89. The second-order valence-electron chi connectivity index (χ2n) is 4.86. The molecule has 22 heavy (non-hydrogen) atoms. The Morgan fingerprint density at radius 3 is 2.86 bits per heavy atom. The van der Waals surface area contributed by atoms with Crippen molar-refractivity contribution in [3.05, 3.63) is 53.2 Å². The van der Waals surface area contributed by atoms with Crippen LogP contribution in [0.15, 0.2) is 47.1 Å². The Balaban J connectivity index is 1.54. The van der Waals surface area contributed by atoms with Gasteiger partial charge in [0.25, 0.3) is 0 Å². The first kappa shape index (κ1) is 15.0. The maximum absolute atomic E-state index is 12.0. The highest BCUT2D eigenvalue weighted by Crippen LogP contribution is 2.28. The maximum atomic E-state index is 12.0. The van der Waals surface area contributed by atoms with Gasteiger partial charge >= 0.3 is 0 Å². The molecule has 0 spiro atoms. The van der Waals surface area contributed by atoms with Crippen LogP contribution < -0.4 is 5.32 Å². The number of aromatic nitrogens is 2. The van der Waals surface area contributed by atoms with Gasteiger partial charge < -0.3 is 5.32 Å². The molecule has 0 fully saturated rings. The smallest absolute Gasteiger partial charge is 0.230 e. The number of thiophene rings is 1. The Labute approximate surface area is 137 Å². The first-order valence-electron chi connectivity index (χ1n) is 6.85. The molecule has 0 atom stereocenters. The van der Waals surface area contributed by atoms with Gasteiger partial charge in [0, 0.05) is 6.54 Å². The Morgan fingerprint density at radius 2 is 2.05 bits per heavy atom. The van der Waals surface area contributed by atoms with Crippen molar-refractivity contribution in [2.24, 2.45) is 0 Å². The molecule has 0 aliphatic rings. The van der Waals surface area contributed by atoms with Crippen molar-refractivity contribution in [2.45, 2.75) is 18.5 Å². The van der Waals surface area contributed by atoms with Crippen LogP contribution in [-0.4, -0.2) is 21.6 Å². The number of fused-ring (bicyclic) bond motifs is 1. The number of amides is 1. The highest BCUT2D eigenvalue weighted by molar-refractivity contribution is 8.00. The number of thioether (sulfide) groups is 1. The van der Waals surface area contributed by atoms with E-state index in [0.29, 0.717) is 12.3 Å². The molecule has 0 radical (unpaired) electrons. The van der Waals surface area contributed by atoms with Crippen molar-refractivity contribution < 1.29 is 4.79 Å². The maximum Gasteiger partial charge on any atom is 0.230 e. The molecule has 0 unspecified atom stereocenters. The molecular weight excluding hydrogens is 314 g/mol. The van der Waals surface area contributed by atoms with Crippen LogP contribution in [0.3, 0.4) is 0 Å². The lowest BCUT2D eigenvalue weighted by Crippen LogP contribution is -2.24. The van der Waals surface area contributed by atoms with Crippen LogP contribution >= 0.6 is 23.1 Å². The van der Waals surface area contributed by atoms with Crippen LogP contribution in [0.4, 0.5) is 0 Å². The van der Waals surface area contributed by atoms with Gasteiger partial charge in [-0.1, -0.05) is 41.6 Å². The lowest BCUT2D eigenvalue weighted by Gasteiger charge is -2.06. The van der Waals surface area contributed by atoms with Crippen molar-refractivity contribution in [3.8, 4) is 0 Å². The summed E-state index contributed by atoms with van der Waals surface area (Å²) < 4.78 is 1.04. The minimum atomic E-state index is 0.00823. The van der Waals surface area contributed by atoms with E-state index < -0.39 is 0 Å². The van der Waals surface area contributed by atoms with Gasteiger partial charge in [-0.2, -0.15) is 0 Å². The normalized spacial score (nSPS) is 10.8. The van der Waals surface area contributed by atoms with E-state index in [1.54, 1.807) is 17.7 Å². The summed E-state index contributed by atoms with van der Waals surface area (Å²) in [5, 5.41) is 5.78. The summed E-state index contributed by atoms with van der Waals surface area (Å²) in [6, 6.07) is 10.1. The zero-order chi connectivity index (χ0) is 15.4. The summed E-state index contributed by atoms with van der Waals surface area (Å²) in [5.74, 6) is 0.365. The second-order valence-corrected chi connectivity index (χ2v) is 6.74. The number of carbonyl (C=O) groups excluding carboxylic acids is 1. The predicted molar refractivity (Wildman–Crippen MR) is 91.2 cm³/mol. The molecule has 2 heterocycles. The zero-order valence-corrected chi connectivity index (χ0v) is 13.7. The van der Waals surface area contributed by atoms with Crippen LogP contribution in [0, 0.1) is 6.92 Å². The van der Waals surface area contributed by atoms with Crippen molar-refractivity contribution in [3.63, 3.8) is 0 Å². The van der Waals surface area contributed by atoms with E-state index in [-0.39, 0.29) is 5.91 Å². The Kier molecular flexibility index (Phi) is 4.70. The summed E-state index contributed by atoms with van der Waals surface area (Å²) >= 11 is 3.05. The average molecular weight is 329 g/mol. The molecular formula is C16H15N3OS2. The topological polar surface area (TPSA) is 54.9 Å². The SMILES string of the molecule is Cc1ccc(CNC(=O)CSc2ncnc3ccsc23)cc1. The summed E-state index contributed by atoms with van der Waals surface area (Å²) in [6.45, 7) is 2.60. The molecule has 0 aliphatic carbocycles. The van der Waals surface area contributed by atoms with Gasteiger partial charge in [-0.05, 0) is 23.9 Å². The number of nitrogens with one attached hydrogen (secondary N) is 1. The molecule has 2 aromatic heterocycles. The first-order valence-corrected chi connectivity index (χ1v) is 8.72. The van der Waals surface area contributed by atoms with Gasteiger partial charge in [-0.3, -0.25) is 4.79 Å². The average Bonchev–Trinajstić information content (AvgIpc) is 3.01. The van der Waals surface area contributed by atoms with Crippen molar-refractivity contribution in [2.75, 3.05) is 5.75 Å². The Hall–Kier alpha value is -1.92. The van der Waals surface area contributed by atoms with Crippen molar-refractivity contribution in [1.82, 2.24) is 15.3 Å². The molecule has 3 rings (SSSR count). The number of nitrogens with zero attached hydrogens (tertiary/aromatic N) is 2. The highest BCUT2D eigenvalue weighted by Gasteiger charge is 2.08. The minimum absolute atomic E-state index is 0.00823. The standard InChI is InChI=1S/C16H15N3OS2/c1-11-2-4-12(5-3-11)8-17-14(20)9-22-16-15-13(6-7-21-15)18-10-19-16/h2-7,10H,8-9H2,1H3,(H,17,20). The third-order valence-electron chi connectivity index (χ3n) is 3.16. The number of benzene rings is 1. The van der Waals surface area contributed by atoms with E-state index in [1.807, 2.05) is 42.6 Å². The lowest BCUT2D eigenvalue weighted by atomic mass is 10.1. The zero-order valence-electron chi connectivity index (χ0n) is 12.1. The summed E-state index contributed by atoms with van der Waals surface area (Å²) in [5.41, 5.74) is 3.25. The monoisotopic (exact) mass is 329 g/mol. The molecule has 1 amide bonds. The molecule has 0 aliphatic heterocycles. The largest absolute Gasteiger partial charge is 0.351 e. The number of hydrogen-bond donors (Lipinski definition) is 1. The quantitative estimate of drug-likeness (QED) is 0.576. The van der Waals surface area contributed by atoms with E-state index >= 15 is 0 Å². The molecule has 6 heteroatoms. The van der Waals surface area contributed by atoms with Gasteiger partial charge in [-0.15, -0.1) is 11.3 Å². The van der Waals surface area contributed by atoms with Gasteiger partial charge in [0.05, 0.1) is 16.0 Å². The van der Waals surface area contributed by atoms with Crippen molar-refractivity contribution in [1.29, 1.82) is 0 Å². The van der Waals surface area contributed by atoms with E-state index in [9.17, 15) is 4.79 Å². The molecule has 0 saturated heterocycles. The van der Waals surface area contributed by atoms with E-state index in [1.165, 1.54) is 17.3 Å². The predicted octanol–water partition coefficient (Wildman–Crippen LogP) is 3.41. The minimum Gasteiger partial charge on any atom is -0.351 e. The van der Waals surface area contributed by atoms with Crippen molar-refractivity contribution >= 4 is 39.2 Å². The van der Waals surface area contributed by atoms with Crippen LogP contribution in [0.25, 0.3) is 10.2 Å². The van der Waals surface area contributed by atoms with Crippen LogP contribution in [0.1, 0.15) is 11.1 Å². The fraction of sp³-hybridized carbons (Fsp3) is 0.188. The number of hydrogen-bond acceptors (Lipinski definition) is 5. The Morgan fingerprint density at radius 1 is 1.23 bits per heavy atom. The van der Waals surface area contributed by atoms with E-state index in [0.717, 1.165) is 20.8 Å². The molecule has 4 nitrogen and oxygen atoms in total. The third kappa shape index (κ3) is 3.64.